The maximum Gasteiger partial charge on any atom is 0.181 e. The summed E-state index contributed by atoms with van der Waals surface area (Å²) in [6.07, 6.45) is 3.19. The lowest BCUT2D eigenvalue weighted by Crippen LogP contribution is -2.06. The molecule has 0 aliphatic heterocycles. The zero-order valence-electron chi connectivity index (χ0n) is 12.4. The molecular weight excluding hydrogens is 280 g/mol. The number of rotatable bonds is 4. The fraction of sp³-hybridized carbons (Fsp3) is 0.235. The van der Waals surface area contributed by atoms with Gasteiger partial charge in [-0.15, -0.1) is 11.3 Å². The van der Waals surface area contributed by atoms with Crippen molar-refractivity contribution in [3.8, 4) is 11.3 Å². The third-order valence-corrected chi connectivity index (χ3v) is 4.49. The summed E-state index contributed by atoms with van der Waals surface area (Å²) in [5.74, 6) is 0.786. The molecule has 4 heteroatoms. The van der Waals surface area contributed by atoms with E-state index in [4.69, 9.17) is 4.42 Å². The summed E-state index contributed by atoms with van der Waals surface area (Å²) < 4.78 is 5.35. The summed E-state index contributed by atoms with van der Waals surface area (Å²) in [6.45, 7) is 6.52. The molecule has 1 aromatic carbocycles. The molecular formula is C17H18N2OS. The van der Waals surface area contributed by atoms with Crippen molar-refractivity contribution < 1.29 is 4.42 Å². The molecule has 1 N–H and O–H groups in total. The number of thiophene rings is 1. The molecule has 0 fully saturated rings. The van der Waals surface area contributed by atoms with Crippen LogP contribution in [0.15, 0.2) is 47.3 Å². The Morgan fingerprint density at radius 3 is 2.76 bits per heavy atom. The van der Waals surface area contributed by atoms with Gasteiger partial charge in [0.05, 0.1) is 6.20 Å². The van der Waals surface area contributed by atoms with Gasteiger partial charge in [-0.25, -0.2) is 4.98 Å². The summed E-state index contributed by atoms with van der Waals surface area (Å²) in [4.78, 5) is 6.69. The fourth-order valence-electron chi connectivity index (χ4n) is 2.53. The average Bonchev–Trinajstić information content (AvgIpc) is 3.08. The van der Waals surface area contributed by atoms with E-state index < -0.39 is 0 Å². The minimum atomic E-state index is 0.278. The van der Waals surface area contributed by atoms with E-state index in [0.717, 1.165) is 17.0 Å². The van der Waals surface area contributed by atoms with Crippen molar-refractivity contribution in [1.82, 2.24) is 4.98 Å². The van der Waals surface area contributed by atoms with E-state index in [2.05, 4.69) is 49.3 Å². The first-order valence-corrected chi connectivity index (χ1v) is 7.77. The Kier molecular flexibility index (Phi) is 3.80. The largest absolute Gasteiger partial charge is 0.444 e. The van der Waals surface area contributed by atoms with Crippen LogP contribution in [0.3, 0.4) is 0 Å². The summed E-state index contributed by atoms with van der Waals surface area (Å²) >= 11 is 1.85. The third kappa shape index (κ3) is 3.00. The minimum Gasteiger partial charge on any atom is -0.444 e. The van der Waals surface area contributed by atoms with Gasteiger partial charge in [-0.2, -0.15) is 0 Å². The van der Waals surface area contributed by atoms with Gasteiger partial charge in [0.2, 0.25) is 0 Å². The summed E-state index contributed by atoms with van der Waals surface area (Å²) in [5, 5.41) is 3.56. The monoisotopic (exact) mass is 298 g/mol. The Labute approximate surface area is 128 Å². The van der Waals surface area contributed by atoms with Crippen LogP contribution < -0.4 is 5.32 Å². The molecule has 1 atom stereocenters. The third-order valence-electron chi connectivity index (χ3n) is 3.51. The molecule has 2 aromatic heterocycles. The second-order valence-corrected chi connectivity index (χ2v) is 6.64. The molecule has 0 bridgehead atoms. The van der Waals surface area contributed by atoms with E-state index in [9.17, 15) is 0 Å². The number of benzene rings is 1. The molecule has 0 radical (unpaired) electrons. The number of hydrogen-bond donors (Lipinski definition) is 1. The summed E-state index contributed by atoms with van der Waals surface area (Å²) in [6, 6.07) is 10.8. The number of aryl methyl sites for hydroxylation is 2. The molecule has 0 saturated heterocycles. The van der Waals surface area contributed by atoms with Crippen LogP contribution in [0.25, 0.3) is 11.3 Å². The van der Waals surface area contributed by atoms with Gasteiger partial charge in [-0.3, -0.25) is 0 Å². The van der Waals surface area contributed by atoms with Crippen LogP contribution in [0.5, 0.6) is 0 Å². The van der Waals surface area contributed by atoms with E-state index >= 15 is 0 Å². The van der Waals surface area contributed by atoms with Gasteiger partial charge in [0, 0.05) is 27.0 Å². The van der Waals surface area contributed by atoms with Crippen molar-refractivity contribution in [3.05, 3.63) is 58.2 Å². The number of hydrogen-bond acceptors (Lipinski definition) is 4. The molecule has 0 aliphatic carbocycles. The first-order chi connectivity index (χ1) is 10.1. The van der Waals surface area contributed by atoms with Crippen molar-refractivity contribution in [2.24, 2.45) is 0 Å². The molecule has 3 rings (SSSR count). The summed E-state index contributed by atoms with van der Waals surface area (Å²) in [5.41, 5.74) is 3.48. The number of nitrogens with one attached hydrogen (secondary N) is 1. The quantitative estimate of drug-likeness (QED) is 0.720. The molecule has 0 saturated carbocycles. The second kappa shape index (κ2) is 5.74. The van der Waals surface area contributed by atoms with Crippen LogP contribution in [-0.2, 0) is 0 Å². The van der Waals surface area contributed by atoms with Crippen molar-refractivity contribution in [2.45, 2.75) is 26.8 Å². The van der Waals surface area contributed by atoms with E-state index in [1.165, 1.54) is 21.7 Å². The SMILES string of the molecule is Cc1cc(C(C)Nc2cccc(-c3cnco3)c2)c(C)s1. The minimum absolute atomic E-state index is 0.278. The number of aromatic nitrogens is 1. The number of nitrogens with zero attached hydrogens (tertiary/aromatic N) is 1. The van der Waals surface area contributed by atoms with E-state index in [1.54, 1.807) is 6.20 Å². The lowest BCUT2D eigenvalue weighted by molar-refractivity contribution is 0.572. The van der Waals surface area contributed by atoms with Crippen LogP contribution >= 0.6 is 11.3 Å². The lowest BCUT2D eigenvalue weighted by Gasteiger charge is -2.16. The van der Waals surface area contributed by atoms with E-state index in [1.807, 2.05) is 23.5 Å². The Balaban J connectivity index is 1.82. The Morgan fingerprint density at radius 2 is 2.10 bits per heavy atom. The van der Waals surface area contributed by atoms with Crippen molar-refractivity contribution in [2.75, 3.05) is 5.32 Å². The molecule has 0 spiro atoms. The Bertz CT molecular complexity index is 731. The van der Waals surface area contributed by atoms with Crippen LogP contribution in [0.2, 0.25) is 0 Å². The highest BCUT2D eigenvalue weighted by Crippen LogP contribution is 2.30. The molecule has 2 heterocycles. The average molecular weight is 298 g/mol. The van der Waals surface area contributed by atoms with E-state index in [-0.39, 0.29) is 6.04 Å². The maximum atomic E-state index is 5.35. The first-order valence-electron chi connectivity index (χ1n) is 6.96. The maximum absolute atomic E-state index is 5.35. The van der Waals surface area contributed by atoms with Crippen molar-refractivity contribution >= 4 is 17.0 Å². The first kappa shape index (κ1) is 13.9. The molecule has 21 heavy (non-hydrogen) atoms. The Morgan fingerprint density at radius 1 is 1.24 bits per heavy atom. The molecule has 3 nitrogen and oxygen atoms in total. The standard InChI is InChI=1S/C17H18N2OS/c1-11-7-16(13(3)21-11)12(2)19-15-6-4-5-14(8-15)17-9-18-10-20-17/h4-10,12,19H,1-3H3. The second-order valence-electron chi connectivity index (χ2n) is 5.18. The van der Waals surface area contributed by atoms with Gasteiger partial charge in [0.25, 0.3) is 0 Å². The highest BCUT2D eigenvalue weighted by molar-refractivity contribution is 7.12. The highest BCUT2D eigenvalue weighted by Gasteiger charge is 2.11. The normalized spacial score (nSPS) is 12.3. The van der Waals surface area contributed by atoms with Gasteiger partial charge in [0.15, 0.2) is 12.2 Å². The van der Waals surface area contributed by atoms with Gasteiger partial charge in [-0.05, 0) is 44.5 Å². The zero-order valence-corrected chi connectivity index (χ0v) is 13.2. The van der Waals surface area contributed by atoms with Crippen LogP contribution in [0.4, 0.5) is 5.69 Å². The molecule has 108 valence electrons. The zero-order chi connectivity index (χ0) is 14.8. The van der Waals surface area contributed by atoms with Crippen LogP contribution in [0, 0.1) is 13.8 Å². The van der Waals surface area contributed by atoms with Gasteiger partial charge < -0.3 is 9.73 Å². The molecule has 0 aliphatic rings. The lowest BCUT2D eigenvalue weighted by atomic mass is 10.1. The smallest absolute Gasteiger partial charge is 0.181 e. The highest BCUT2D eigenvalue weighted by atomic mass is 32.1. The molecule has 1 unspecified atom stereocenters. The predicted octanol–water partition coefficient (Wildman–Crippen LogP) is 5.19. The van der Waals surface area contributed by atoms with Crippen molar-refractivity contribution in [1.29, 1.82) is 0 Å². The molecule has 0 amide bonds. The molecule has 3 aromatic rings. The Hall–Kier alpha value is -2.07. The van der Waals surface area contributed by atoms with Crippen LogP contribution in [-0.4, -0.2) is 4.98 Å². The van der Waals surface area contributed by atoms with Gasteiger partial charge >= 0.3 is 0 Å². The predicted molar refractivity (Wildman–Crippen MR) is 87.8 cm³/mol. The topological polar surface area (TPSA) is 38.1 Å². The van der Waals surface area contributed by atoms with Crippen LogP contribution in [0.1, 0.15) is 28.3 Å². The van der Waals surface area contributed by atoms with Gasteiger partial charge in [-0.1, -0.05) is 12.1 Å². The summed E-state index contributed by atoms with van der Waals surface area (Å²) in [7, 11) is 0. The van der Waals surface area contributed by atoms with Gasteiger partial charge in [0.1, 0.15) is 0 Å². The van der Waals surface area contributed by atoms with E-state index in [0.29, 0.717) is 0 Å². The van der Waals surface area contributed by atoms with Crippen molar-refractivity contribution in [3.63, 3.8) is 0 Å². The number of anilines is 1. The fourth-order valence-corrected chi connectivity index (χ4v) is 3.55. The number of oxazole rings is 1.